The lowest BCUT2D eigenvalue weighted by atomic mass is 9.82. The lowest BCUT2D eigenvalue weighted by molar-refractivity contribution is 0.475. The molecule has 2 aromatic carbocycles. The van der Waals surface area contributed by atoms with E-state index in [1.807, 2.05) is 12.1 Å². The fourth-order valence-corrected chi connectivity index (χ4v) is 3.58. The summed E-state index contributed by atoms with van der Waals surface area (Å²) in [6.45, 7) is 4.40. The number of rotatable bonds is 5. The Labute approximate surface area is 133 Å². The van der Waals surface area contributed by atoms with Crippen molar-refractivity contribution in [1.82, 2.24) is 0 Å². The van der Waals surface area contributed by atoms with Gasteiger partial charge in [-0.2, -0.15) is 0 Å². The Kier molecular flexibility index (Phi) is 4.62. The molecule has 1 N–H and O–H groups in total. The monoisotopic (exact) mass is 292 g/mol. The molecule has 22 heavy (non-hydrogen) atoms. The van der Waals surface area contributed by atoms with Crippen LogP contribution in [0.4, 0.5) is 0 Å². The molecule has 0 aliphatic heterocycles. The van der Waals surface area contributed by atoms with Gasteiger partial charge in [0.25, 0.3) is 0 Å². The molecule has 1 aliphatic carbocycles. The quantitative estimate of drug-likeness (QED) is 0.705. The number of benzene rings is 2. The molecule has 1 aliphatic rings. The number of allylic oxidation sites excluding steroid dienone is 1. The average Bonchev–Trinajstić information content (AvgIpc) is 3.09. The fourth-order valence-electron chi connectivity index (χ4n) is 3.58. The molecule has 2 aromatic rings. The number of phenols is 1. The second-order valence-electron chi connectivity index (χ2n) is 6.40. The maximum Gasteiger partial charge on any atom is 0.115 e. The summed E-state index contributed by atoms with van der Waals surface area (Å²) in [6.07, 6.45) is 6.29. The molecular weight excluding hydrogens is 268 g/mol. The van der Waals surface area contributed by atoms with Gasteiger partial charge in [-0.1, -0.05) is 67.5 Å². The highest BCUT2D eigenvalue weighted by atomic mass is 16.3. The Morgan fingerprint density at radius 2 is 1.55 bits per heavy atom. The molecule has 1 nitrogen and oxygen atoms in total. The van der Waals surface area contributed by atoms with Crippen LogP contribution < -0.4 is 0 Å². The maximum absolute atomic E-state index is 9.55. The third-order valence-electron chi connectivity index (χ3n) is 4.90. The Morgan fingerprint density at radius 1 is 0.955 bits per heavy atom. The highest BCUT2D eigenvalue weighted by molar-refractivity contribution is 5.37. The standard InChI is InChI=1S/C21H24O/c1-16(17-7-5-6-8-17)15-21(18-9-3-2-4-10-18)19-11-13-20(22)14-12-19/h2-4,9-14,17,21-22H,1,5-8,15H2. The summed E-state index contributed by atoms with van der Waals surface area (Å²) in [4.78, 5) is 0. The van der Waals surface area contributed by atoms with Crippen molar-refractivity contribution in [2.45, 2.75) is 38.0 Å². The van der Waals surface area contributed by atoms with Gasteiger partial charge < -0.3 is 5.11 Å². The Bertz CT molecular complexity index is 606. The van der Waals surface area contributed by atoms with E-state index in [1.165, 1.54) is 42.4 Å². The molecule has 1 atom stereocenters. The van der Waals surface area contributed by atoms with Crippen molar-refractivity contribution in [2.24, 2.45) is 5.92 Å². The minimum Gasteiger partial charge on any atom is -0.508 e. The van der Waals surface area contributed by atoms with Gasteiger partial charge in [0.15, 0.2) is 0 Å². The summed E-state index contributed by atoms with van der Waals surface area (Å²) in [5.41, 5.74) is 3.97. The van der Waals surface area contributed by atoms with Gasteiger partial charge >= 0.3 is 0 Å². The van der Waals surface area contributed by atoms with Crippen LogP contribution >= 0.6 is 0 Å². The van der Waals surface area contributed by atoms with Gasteiger partial charge in [-0.3, -0.25) is 0 Å². The van der Waals surface area contributed by atoms with Crippen molar-refractivity contribution in [2.75, 3.05) is 0 Å². The van der Waals surface area contributed by atoms with Crippen molar-refractivity contribution in [3.63, 3.8) is 0 Å². The van der Waals surface area contributed by atoms with Crippen molar-refractivity contribution < 1.29 is 5.11 Å². The predicted octanol–water partition coefficient (Wildman–Crippen LogP) is 5.66. The van der Waals surface area contributed by atoms with Crippen LogP contribution in [0.1, 0.15) is 49.1 Å². The molecule has 1 unspecified atom stereocenters. The van der Waals surface area contributed by atoms with E-state index >= 15 is 0 Å². The highest BCUT2D eigenvalue weighted by Gasteiger charge is 2.22. The molecule has 1 saturated carbocycles. The third kappa shape index (κ3) is 3.41. The van der Waals surface area contributed by atoms with E-state index in [2.05, 4.69) is 36.9 Å². The van der Waals surface area contributed by atoms with E-state index in [-0.39, 0.29) is 0 Å². The Balaban J connectivity index is 1.86. The average molecular weight is 292 g/mol. The third-order valence-corrected chi connectivity index (χ3v) is 4.90. The molecule has 0 saturated heterocycles. The Hall–Kier alpha value is -2.02. The lowest BCUT2D eigenvalue weighted by Crippen LogP contribution is -2.06. The number of phenolic OH excluding ortho intramolecular Hbond substituents is 1. The topological polar surface area (TPSA) is 20.2 Å². The molecule has 0 radical (unpaired) electrons. The first-order valence-corrected chi connectivity index (χ1v) is 8.25. The van der Waals surface area contributed by atoms with Crippen LogP contribution in [0.2, 0.25) is 0 Å². The summed E-state index contributed by atoms with van der Waals surface area (Å²) in [7, 11) is 0. The number of hydrogen-bond acceptors (Lipinski definition) is 1. The molecule has 114 valence electrons. The number of aromatic hydroxyl groups is 1. The smallest absolute Gasteiger partial charge is 0.115 e. The van der Waals surface area contributed by atoms with Crippen molar-refractivity contribution in [3.8, 4) is 5.75 Å². The second kappa shape index (κ2) is 6.83. The molecule has 0 spiro atoms. The van der Waals surface area contributed by atoms with E-state index in [0.717, 1.165) is 6.42 Å². The maximum atomic E-state index is 9.55. The largest absolute Gasteiger partial charge is 0.508 e. The van der Waals surface area contributed by atoms with Crippen molar-refractivity contribution in [1.29, 1.82) is 0 Å². The molecule has 1 fully saturated rings. The normalized spacial score (nSPS) is 16.5. The molecular formula is C21H24O. The fraction of sp³-hybridized carbons (Fsp3) is 0.333. The van der Waals surface area contributed by atoms with Crippen LogP contribution in [0.25, 0.3) is 0 Å². The van der Waals surface area contributed by atoms with Gasteiger partial charge in [-0.05, 0) is 48.4 Å². The minimum atomic E-state index is 0.324. The van der Waals surface area contributed by atoms with Gasteiger partial charge in [0.05, 0.1) is 0 Å². The highest BCUT2D eigenvalue weighted by Crippen LogP contribution is 2.38. The van der Waals surface area contributed by atoms with E-state index in [4.69, 9.17) is 0 Å². The first-order chi connectivity index (χ1) is 10.7. The Morgan fingerprint density at radius 3 is 2.18 bits per heavy atom. The van der Waals surface area contributed by atoms with E-state index in [0.29, 0.717) is 17.6 Å². The number of hydrogen-bond donors (Lipinski definition) is 1. The molecule has 3 rings (SSSR count). The van der Waals surface area contributed by atoms with Crippen molar-refractivity contribution in [3.05, 3.63) is 77.9 Å². The van der Waals surface area contributed by atoms with Gasteiger partial charge in [0.1, 0.15) is 5.75 Å². The summed E-state index contributed by atoms with van der Waals surface area (Å²) < 4.78 is 0. The van der Waals surface area contributed by atoms with E-state index < -0.39 is 0 Å². The molecule has 0 amide bonds. The first kappa shape index (κ1) is 14.9. The van der Waals surface area contributed by atoms with Crippen LogP contribution in [-0.2, 0) is 0 Å². The van der Waals surface area contributed by atoms with Crippen LogP contribution in [-0.4, -0.2) is 5.11 Å². The van der Waals surface area contributed by atoms with Crippen LogP contribution in [0, 0.1) is 5.92 Å². The minimum absolute atomic E-state index is 0.324. The zero-order chi connectivity index (χ0) is 15.4. The van der Waals surface area contributed by atoms with Crippen LogP contribution in [0.5, 0.6) is 5.75 Å². The van der Waals surface area contributed by atoms with Gasteiger partial charge in [0.2, 0.25) is 0 Å². The SMILES string of the molecule is C=C(CC(c1ccccc1)c1ccc(O)cc1)C1CCCC1. The first-order valence-electron chi connectivity index (χ1n) is 8.25. The molecule has 0 aromatic heterocycles. The zero-order valence-electron chi connectivity index (χ0n) is 13.0. The van der Waals surface area contributed by atoms with E-state index in [1.54, 1.807) is 12.1 Å². The zero-order valence-corrected chi connectivity index (χ0v) is 13.0. The van der Waals surface area contributed by atoms with Gasteiger partial charge in [0, 0.05) is 5.92 Å². The van der Waals surface area contributed by atoms with Crippen LogP contribution in [0.15, 0.2) is 66.7 Å². The summed E-state index contributed by atoms with van der Waals surface area (Å²) >= 11 is 0. The van der Waals surface area contributed by atoms with Crippen molar-refractivity contribution >= 4 is 0 Å². The van der Waals surface area contributed by atoms with Gasteiger partial charge in [-0.25, -0.2) is 0 Å². The molecule has 1 heteroatoms. The summed E-state index contributed by atoms with van der Waals surface area (Å²) in [6, 6.07) is 18.3. The van der Waals surface area contributed by atoms with Gasteiger partial charge in [-0.15, -0.1) is 0 Å². The summed E-state index contributed by atoms with van der Waals surface area (Å²) in [5, 5.41) is 9.55. The lowest BCUT2D eigenvalue weighted by Gasteiger charge is -2.22. The second-order valence-corrected chi connectivity index (χ2v) is 6.40. The molecule has 0 heterocycles. The van der Waals surface area contributed by atoms with Crippen LogP contribution in [0.3, 0.4) is 0 Å². The predicted molar refractivity (Wildman–Crippen MR) is 92.1 cm³/mol. The molecule has 0 bridgehead atoms. The van der Waals surface area contributed by atoms with E-state index in [9.17, 15) is 5.11 Å². The summed E-state index contributed by atoms with van der Waals surface area (Å²) in [5.74, 6) is 1.35.